The molecule has 0 saturated carbocycles. The summed E-state index contributed by atoms with van der Waals surface area (Å²) in [5.74, 6) is 1.88. The summed E-state index contributed by atoms with van der Waals surface area (Å²) < 4.78 is 0. The SMILES string of the molecule is c1ccc(-c2cccc(-c3cc(-c4ccccc4-c4nc(-c5ccccc5)nc(-c5ccccc5)n4)c4ncccc4c3)c2)cc1. The molecule has 6 aromatic carbocycles. The summed E-state index contributed by atoms with van der Waals surface area (Å²) in [6.45, 7) is 0. The van der Waals surface area contributed by atoms with Crippen LogP contribution in [-0.2, 0) is 0 Å². The average Bonchev–Trinajstić information content (AvgIpc) is 3.15. The van der Waals surface area contributed by atoms with Crippen molar-refractivity contribution in [3.05, 3.63) is 170 Å². The monoisotopic (exact) mass is 588 g/mol. The van der Waals surface area contributed by atoms with Crippen molar-refractivity contribution in [1.29, 1.82) is 0 Å². The van der Waals surface area contributed by atoms with E-state index in [1.807, 2.05) is 85.1 Å². The first-order chi connectivity index (χ1) is 22.8. The number of aromatic nitrogens is 4. The second kappa shape index (κ2) is 12.0. The van der Waals surface area contributed by atoms with Gasteiger partial charge in [0.05, 0.1) is 5.52 Å². The molecule has 2 aromatic heterocycles. The van der Waals surface area contributed by atoms with Crippen LogP contribution >= 0.6 is 0 Å². The lowest BCUT2D eigenvalue weighted by molar-refractivity contribution is 1.07. The smallest absolute Gasteiger partial charge is 0.164 e. The van der Waals surface area contributed by atoms with Crippen molar-refractivity contribution < 1.29 is 0 Å². The van der Waals surface area contributed by atoms with Crippen molar-refractivity contribution in [2.45, 2.75) is 0 Å². The van der Waals surface area contributed by atoms with E-state index in [4.69, 9.17) is 19.9 Å². The number of benzene rings is 6. The van der Waals surface area contributed by atoms with Gasteiger partial charge in [-0.3, -0.25) is 4.98 Å². The standard InChI is InChI=1S/C42H28N4/c1-4-14-29(15-5-1)32-20-12-21-33(26-32)35-27-34-22-13-25-43-39(34)38(28-35)36-23-10-11-24-37(36)42-45-40(30-16-6-2-7-17-30)44-41(46-42)31-18-8-3-9-19-31/h1-28H. The quantitative estimate of drug-likeness (QED) is 0.194. The Morgan fingerprint density at radius 2 is 0.826 bits per heavy atom. The number of hydrogen-bond acceptors (Lipinski definition) is 4. The number of rotatable bonds is 6. The van der Waals surface area contributed by atoms with Crippen molar-refractivity contribution >= 4 is 10.9 Å². The third-order valence-electron chi connectivity index (χ3n) is 8.17. The lowest BCUT2D eigenvalue weighted by atomic mass is 9.92. The molecule has 0 atom stereocenters. The maximum absolute atomic E-state index is 5.05. The zero-order valence-electron chi connectivity index (χ0n) is 25.0. The summed E-state index contributed by atoms with van der Waals surface area (Å²) in [6.07, 6.45) is 1.86. The highest BCUT2D eigenvalue weighted by Crippen LogP contribution is 2.39. The predicted molar refractivity (Wildman–Crippen MR) is 188 cm³/mol. The minimum Gasteiger partial charge on any atom is -0.256 e. The van der Waals surface area contributed by atoms with Crippen LogP contribution in [0.15, 0.2) is 170 Å². The first-order valence-corrected chi connectivity index (χ1v) is 15.3. The summed E-state index contributed by atoms with van der Waals surface area (Å²) in [7, 11) is 0. The third kappa shape index (κ3) is 5.33. The first-order valence-electron chi connectivity index (χ1n) is 15.3. The highest BCUT2D eigenvalue weighted by Gasteiger charge is 2.18. The van der Waals surface area contributed by atoms with E-state index in [9.17, 15) is 0 Å². The Morgan fingerprint density at radius 1 is 0.304 bits per heavy atom. The molecule has 2 heterocycles. The zero-order valence-corrected chi connectivity index (χ0v) is 25.0. The van der Waals surface area contributed by atoms with E-state index in [0.29, 0.717) is 17.5 Å². The van der Waals surface area contributed by atoms with Gasteiger partial charge in [-0.2, -0.15) is 0 Å². The summed E-state index contributed by atoms with van der Waals surface area (Å²) in [5, 5.41) is 1.07. The Hall–Kier alpha value is -6.26. The molecule has 0 aliphatic heterocycles. The van der Waals surface area contributed by atoms with Crippen LogP contribution in [0.3, 0.4) is 0 Å². The Balaban J connectivity index is 1.33. The van der Waals surface area contributed by atoms with Crippen molar-refractivity contribution in [3.63, 3.8) is 0 Å². The van der Waals surface area contributed by atoms with Crippen molar-refractivity contribution in [2.24, 2.45) is 0 Å². The summed E-state index contributed by atoms with van der Waals surface area (Å²) in [5.41, 5.74) is 10.4. The van der Waals surface area contributed by atoms with Crippen LogP contribution < -0.4 is 0 Å². The summed E-state index contributed by atoms with van der Waals surface area (Å²) in [6, 6.07) is 56.3. The van der Waals surface area contributed by atoms with Crippen LogP contribution in [0.2, 0.25) is 0 Å². The second-order valence-electron chi connectivity index (χ2n) is 11.1. The van der Waals surface area contributed by atoms with Gasteiger partial charge in [0.2, 0.25) is 0 Å². The maximum Gasteiger partial charge on any atom is 0.164 e. The Labute approximate surface area is 267 Å². The molecule has 0 unspecified atom stereocenters. The molecule has 4 heteroatoms. The number of fused-ring (bicyclic) bond motifs is 1. The predicted octanol–water partition coefficient (Wildman–Crippen LogP) is 10.4. The van der Waals surface area contributed by atoms with Gasteiger partial charge in [-0.1, -0.05) is 140 Å². The largest absolute Gasteiger partial charge is 0.256 e. The molecule has 8 rings (SSSR count). The fourth-order valence-corrected chi connectivity index (χ4v) is 5.92. The van der Waals surface area contributed by atoms with Gasteiger partial charge in [0.25, 0.3) is 0 Å². The van der Waals surface area contributed by atoms with Crippen LogP contribution in [-0.4, -0.2) is 19.9 Å². The molecular formula is C42H28N4. The maximum atomic E-state index is 5.05. The van der Waals surface area contributed by atoms with Crippen molar-refractivity contribution in [2.75, 3.05) is 0 Å². The van der Waals surface area contributed by atoms with Gasteiger partial charge < -0.3 is 0 Å². The summed E-state index contributed by atoms with van der Waals surface area (Å²) >= 11 is 0. The lowest BCUT2D eigenvalue weighted by Gasteiger charge is -2.15. The Bertz CT molecular complexity index is 2240. The van der Waals surface area contributed by atoms with Gasteiger partial charge in [-0.05, 0) is 52.1 Å². The molecule has 0 amide bonds. The fourth-order valence-electron chi connectivity index (χ4n) is 5.92. The van der Waals surface area contributed by atoms with Gasteiger partial charge in [0, 0.05) is 33.8 Å². The van der Waals surface area contributed by atoms with Crippen LogP contribution in [0.25, 0.3) is 78.4 Å². The minimum absolute atomic E-state index is 0.615. The van der Waals surface area contributed by atoms with E-state index in [-0.39, 0.29) is 0 Å². The zero-order chi connectivity index (χ0) is 30.7. The molecule has 46 heavy (non-hydrogen) atoms. The molecule has 216 valence electrons. The molecule has 4 nitrogen and oxygen atoms in total. The number of pyridine rings is 1. The molecule has 0 bridgehead atoms. The number of hydrogen-bond donors (Lipinski definition) is 0. The molecule has 0 radical (unpaired) electrons. The average molecular weight is 589 g/mol. The minimum atomic E-state index is 0.615. The van der Waals surface area contributed by atoms with Crippen LogP contribution in [0.4, 0.5) is 0 Å². The molecule has 0 N–H and O–H groups in total. The van der Waals surface area contributed by atoms with E-state index in [0.717, 1.165) is 49.8 Å². The highest BCUT2D eigenvalue weighted by atomic mass is 15.0. The summed E-state index contributed by atoms with van der Waals surface area (Å²) in [4.78, 5) is 19.9. The van der Waals surface area contributed by atoms with Gasteiger partial charge in [-0.25, -0.2) is 15.0 Å². The number of nitrogens with zero attached hydrogens (tertiary/aromatic N) is 4. The van der Waals surface area contributed by atoms with Crippen LogP contribution in [0, 0.1) is 0 Å². The van der Waals surface area contributed by atoms with E-state index >= 15 is 0 Å². The fraction of sp³-hybridized carbons (Fsp3) is 0. The molecular weight excluding hydrogens is 560 g/mol. The van der Waals surface area contributed by atoms with Gasteiger partial charge >= 0.3 is 0 Å². The molecule has 0 fully saturated rings. The first kappa shape index (κ1) is 27.3. The van der Waals surface area contributed by atoms with E-state index in [1.165, 1.54) is 11.1 Å². The van der Waals surface area contributed by atoms with Crippen LogP contribution in [0.1, 0.15) is 0 Å². The van der Waals surface area contributed by atoms with Crippen molar-refractivity contribution in [1.82, 2.24) is 19.9 Å². The lowest BCUT2D eigenvalue weighted by Crippen LogP contribution is -2.01. The van der Waals surface area contributed by atoms with E-state index in [1.54, 1.807) is 0 Å². The van der Waals surface area contributed by atoms with Gasteiger partial charge in [0.15, 0.2) is 17.5 Å². The van der Waals surface area contributed by atoms with E-state index < -0.39 is 0 Å². The molecule has 0 aliphatic carbocycles. The molecule has 0 saturated heterocycles. The van der Waals surface area contributed by atoms with Crippen molar-refractivity contribution in [3.8, 4) is 67.5 Å². The second-order valence-corrected chi connectivity index (χ2v) is 11.1. The van der Waals surface area contributed by atoms with Gasteiger partial charge in [-0.15, -0.1) is 0 Å². The van der Waals surface area contributed by atoms with Crippen LogP contribution in [0.5, 0.6) is 0 Å². The third-order valence-corrected chi connectivity index (χ3v) is 8.17. The molecule has 0 aliphatic rings. The van der Waals surface area contributed by atoms with E-state index in [2.05, 4.69) is 84.9 Å². The molecule has 0 spiro atoms. The topological polar surface area (TPSA) is 51.6 Å². The molecule has 8 aromatic rings. The Morgan fingerprint density at radius 3 is 1.48 bits per heavy atom. The van der Waals surface area contributed by atoms with Gasteiger partial charge in [0.1, 0.15) is 0 Å². The normalized spacial score (nSPS) is 11.0. The highest BCUT2D eigenvalue weighted by molar-refractivity contribution is 6.00. The Kier molecular flexibility index (Phi) is 7.14.